The van der Waals surface area contributed by atoms with Crippen LogP contribution in [0.5, 0.6) is 0 Å². The van der Waals surface area contributed by atoms with Gasteiger partial charge in [0.05, 0.1) is 12.0 Å². The number of aromatic nitrogens is 4. The normalized spacial score (nSPS) is 11.2. The van der Waals surface area contributed by atoms with Crippen LogP contribution in [-0.2, 0) is 4.79 Å². The van der Waals surface area contributed by atoms with E-state index >= 15 is 0 Å². The molecule has 1 aromatic carbocycles. The van der Waals surface area contributed by atoms with Crippen molar-refractivity contribution in [2.45, 2.75) is 12.1 Å². The molecule has 0 fully saturated rings. The van der Waals surface area contributed by atoms with Crippen molar-refractivity contribution in [3.63, 3.8) is 0 Å². The molecule has 31 heavy (non-hydrogen) atoms. The van der Waals surface area contributed by atoms with Crippen molar-refractivity contribution >= 4 is 46.8 Å². The van der Waals surface area contributed by atoms with E-state index in [-0.39, 0.29) is 11.7 Å². The average molecular weight is 469 g/mol. The maximum Gasteiger partial charge on any atom is 0.250 e. The first kappa shape index (κ1) is 21.2. The lowest BCUT2D eigenvalue weighted by Gasteiger charge is -2.10. The zero-order chi connectivity index (χ0) is 21.6. The standard InChI is InChI=1S/C21H17ClN6OS2/c1-14-8-11-30-18(14)12-24-25-19(29)13-31-21-27-26-20(15-6-9-23-10-7-15)28(21)17-4-2-16(22)3-5-17/h2-12H,13H2,1H3,(H,25,29)/b24-12-. The van der Waals surface area contributed by atoms with Crippen LogP contribution < -0.4 is 5.43 Å². The predicted molar refractivity (Wildman–Crippen MR) is 125 cm³/mol. The van der Waals surface area contributed by atoms with Crippen molar-refractivity contribution in [3.8, 4) is 17.1 Å². The smallest absolute Gasteiger partial charge is 0.250 e. The van der Waals surface area contributed by atoms with Gasteiger partial charge in [0, 0.05) is 33.5 Å². The molecule has 0 radical (unpaired) electrons. The summed E-state index contributed by atoms with van der Waals surface area (Å²) in [6.45, 7) is 2.00. The molecule has 0 atom stereocenters. The lowest BCUT2D eigenvalue weighted by atomic mass is 10.2. The van der Waals surface area contributed by atoms with Crippen molar-refractivity contribution in [2.75, 3.05) is 5.75 Å². The summed E-state index contributed by atoms with van der Waals surface area (Å²) < 4.78 is 1.89. The third-order valence-corrected chi connectivity index (χ3v) is 6.40. The van der Waals surface area contributed by atoms with Crippen LogP contribution >= 0.6 is 34.7 Å². The minimum atomic E-state index is -0.230. The summed E-state index contributed by atoms with van der Waals surface area (Å²) in [7, 11) is 0. The molecule has 10 heteroatoms. The largest absolute Gasteiger partial charge is 0.272 e. The highest BCUT2D eigenvalue weighted by Crippen LogP contribution is 2.28. The highest BCUT2D eigenvalue weighted by atomic mass is 35.5. The third kappa shape index (κ3) is 5.19. The van der Waals surface area contributed by atoms with E-state index in [9.17, 15) is 4.79 Å². The van der Waals surface area contributed by atoms with Crippen molar-refractivity contribution in [3.05, 3.63) is 75.7 Å². The molecule has 3 heterocycles. The molecule has 0 aliphatic carbocycles. The molecule has 3 aromatic heterocycles. The first-order valence-electron chi connectivity index (χ1n) is 9.22. The van der Waals surface area contributed by atoms with Crippen molar-refractivity contribution in [1.82, 2.24) is 25.2 Å². The summed E-state index contributed by atoms with van der Waals surface area (Å²) in [5, 5.41) is 15.9. The SMILES string of the molecule is Cc1ccsc1/C=N\NC(=O)CSc1nnc(-c2ccncc2)n1-c1ccc(Cl)cc1. The van der Waals surface area contributed by atoms with E-state index in [1.165, 1.54) is 11.8 Å². The Labute approximate surface area is 192 Å². The van der Waals surface area contributed by atoms with Crippen molar-refractivity contribution in [2.24, 2.45) is 5.10 Å². The predicted octanol–water partition coefficient (Wildman–Crippen LogP) is 4.60. The molecular formula is C21H17ClN6OS2. The van der Waals surface area contributed by atoms with Crippen LogP contribution in [0.3, 0.4) is 0 Å². The third-order valence-electron chi connectivity index (χ3n) is 4.26. The van der Waals surface area contributed by atoms with Crippen LogP contribution in [0.4, 0.5) is 0 Å². The van der Waals surface area contributed by atoms with E-state index in [4.69, 9.17) is 11.6 Å². The number of thioether (sulfide) groups is 1. The van der Waals surface area contributed by atoms with Gasteiger partial charge in [0.1, 0.15) is 0 Å². The molecule has 0 saturated heterocycles. The number of carbonyl (C=O) groups excluding carboxylic acids is 1. The Morgan fingerprint density at radius 1 is 1.19 bits per heavy atom. The topological polar surface area (TPSA) is 85.1 Å². The first-order valence-corrected chi connectivity index (χ1v) is 11.5. The van der Waals surface area contributed by atoms with Gasteiger partial charge in [-0.2, -0.15) is 5.10 Å². The number of hydrogen-bond acceptors (Lipinski definition) is 7. The van der Waals surface area contributed by atoms with Gasteiger partial charge in [0.2, 0.25) is 0 Å². The van der Waals surface area contributed by atoms with E-state index in [0.29, 0.717) is 16.0 Å². The second kappa shape index (κ2) is 9.86. The van der Waals surface area contributed by atoms with Crippen LogP contribution in [0.2, 0.25) is 5.02 Å². The minimum Gasteiger partial charge on any atom is -0.272 e. The average Bonchev–Trinajstić information content (AvgIpc) is 3.40. The summed E-state index contributed by atoms with van der Waals surface area (Å²) in [6, 6.07) is 13.1. The molecule has 156 valence electrons. The van der Waals surface area contributed by atoms with Crippen molar-refractivity contribution < 1.29 is 4.79 Å². The van der Waals surface area contributed by atoms with Crippen LogP contribution in [0, 0.1) is 6.92 Å². The highest BCUT2D eigenvalue weighted by molar-refractivity contribution is 7.99. The Morgan fingerprint density at radius 2 is 1.97 bits per heavy atom. The fourth-order valence-electron chi connectivity index (χ4n) is 2.72. The molecule has 0 aliphatic rings. The fraction of sp³-hybridized carbons (Fsp3) is 0.0952. The van der Waals surface area contributed by atoms with E-state index in [1.54, 1.807) is 42.1 Å². The second-order valence-electron chi connectivity index (χ2n) is 6.40. The van der Waals surface area contributed by atoms with Gasteiger partial charge in [-0.15, -0.1) is 21.5 Å². The number of benzene rings is 1. The van der Waals surface area contributed by atoms with Gasteiger partial charge in [0.15, 0.2) is 11.0 Å². The molecule has 0 aliphatic heterocycles. The molecule has 1 amide bonds. The zero-order valence-electron chi connectivity index (χ0n) is 16.4. The van der Waals surface area contributed by atoms with Crippen LogP contribution in [0.1, 0.15) is 10.4 Å². The van der Waals surface area contributed by atoms with Gasteiger partial charge in [-0.25, -0.2) is 5.43 Å². The van der Waals surface area contributed by atoms with E-state index in [2.05, 4.69) is 25.7 Å². The fourth-order valence-corrected chi connectivity index (χ4v) is 4.37. The maximum absolute atomic E-state index is 12.3. The van der Waals surface area contributed by atoms with E-state index in [0.717, 1.165) is 21.7 Å². The monoisotopic (exact) mass is 468 g/mol. The number of nitrogens with zero attached hydrogens (tertiary/aromatic N) is 5. The lowest BCUT2D eigenvalue weighted by molar-refractivity contribution is -0.118. The Balaban J connectivity index is 1.52. The van der Waals surface area contributed by atoms with Gasteiger partial charge < -0.3 is 0 Å². The summed E-state index contributed by atoms with van der Waals surface area (Å²) in [4.78, 5) is 17.3. The van der Waals surface area contributed by atoms with Gasteiger partial charge >= 0.3 is 0 Å². The van der Waals surface area contributed by atoms with E-state index in [1.807, 2.05) is 47.2 Å². The molecule has 0 spiro atoms. The first-order chi connectivity index (χ1) is 15.1. The number of amides is 1. The lowest BCUT2D eigenvalue weighted by Crippen LogP contribution is -2.20. The summed E-state index contributed by atoms with van der Waals surface area (Å²) in [6.07, 6.45) is 5.05. The maximum atomic E-state index is 12.3. The quantitative estimate of drug-likeness (QED) is 0.243. The minimum absolute atomic E-state index is 0.142. The van der Waals surface area contributed by atoms with Gasteiger partial charge in [0.25, 0.3) is 5.91 Å². The summed E-state index contributed by atoms with van der Waals surface area (Å²) in [5.41, 5.74) is 5.39. The Bertz CT molecular complexity index is 1200. The molecule has 4 aromatic rings. The number of carbonyl (C=O) groups is 1. The number of hydrazone groups is 1. The van der Waals surface area contributed by atoms with Crippen molar-refractivity contribution in [1.29, 1.82) is 0 Å². The van der Waals surface area contributed by atoms with Gasteiger partial charge in [-0.3, -0.25) is 14.3 Å². The Kier molecular flexibility index (Phi) is 6.76. The zero-order valence-corrected chi connectivity index (χ0v) is 18.8. The highest BCUT2D eigenvalue weighted by Gasteiger charge is 2.17. The number of pyridine rings is 1. The molecule has 7 nitrogen and oxygen atoms in total. The summed E-state index contributed by atoms with van der Waals surface area (Å²) in [5.74, 6) is 0.563. The van der Waals surface area contributed by atoms with E-state index < -0.39 is 0 Å². The second-order valence-corrected chi connectivity index (χ2v) is 8.73. The molecule has 0 saturated carbocycles. The van der Waals surface area contributed by atoms with Gasteiger partial charge in [-0.05, 0) is 60.3 Å². The molecule has 0 unspecified atom stereocenters. The number of rotatable bonds is 7. The van der Waals surface area contributed by atoms with Crippen LogP contribution in [0.25, 0.3) is 17.1 Å². The molecule has 0 bridgehead atoms. The molecule has 1 N–H and O–H groups in total. The number of halogens is 1. The number of aryl methyl sites for hydroxylation is 1. The van der Waals surface area contributed by atoms with Gasteiger partial charge in [-0.1, -0.05) is 23.4 Å². The molecule has 4 rings (SSSR count). The number of thiophene rings is 1. The Morgan fingerprint density at radius 3 is 2.68 bits per heavy atom. The molecular weight excluding hydrogens is 452 g/mol. The summed E-state index contributed by atoms with van der Waals surface area (Å²) >= 11 is 8.90. The number of nitrogens with one attached hydrogen (secondary N) is 1. The van der Waals surface area contributed by atoms with Crippen LogP contribution in [0.15, 0.2) is 70.5 Å². The number of hydrogen-bond donors (Lipinski definition) is 1. The Hall–Kier alpha value is -3.01. The van der Waals surface area contributed by atoms with Crippen LogP contribution in [-0.4, -0.2) is 37.6 Å².